The number of benzene rings is 2. The number of hydrogen-bond acceptors (Lipinski definition) is 2. The summed E-state index contributed by atoms with van der Waals surface area (Å²) in [6.07, 6.45) is 1.59. The van der Waals surface area contributed by atoms with E-state index in [1.165, 1.54) is 17.9 Å². The van der Waals surface area contributed by atoms with Gasteiger partial charge in [-0.25, -0.2) is 4.39 Å². The van der Waals surface area contributed by atoms with Gasteiger partial charge >= 0.3 is 0 Å². The molecule has 1 aliphatic rings. The molecule has 0 bridgehead atoms. The summed E-state index contributed by atoms with van der Waals surface area (Å²) in [7, 11) is 0. The first-order chi connectivity index (χ1) is 12.5. The molecule has 0 fully saturated rings. The van der Waals surface area contributed by atoms with Gasteiger partial charge < -0.3 is 10.2 Å². The van der Waals surface area contributed by atoms with E-state index in [1.807, 2.05) is 6.07 Å². The lowest BCUT2D eigenvalue weighted by atomic mass is 9.98. The summed E-state index contributed by atoms with van der Waals surface area (Å²) in [6, 6.07) is 11.4. The van der Waals surface area contributed by atoms with Crippen LogP contribution in [0.15, 0.2) is 42.5 Å². The van der Waals surface area contributed by atoms with Gasteiger partial charge in [-0.2, -0.15) is 0 Å². The summed E-state index contributed by atoms with van der Waals surface area (Å²) in [5, 5.41) is 3.38. The molecule has 0 spiro atoms. The molecule has 0 saturated heterocycles. The molecule has 0 radical (unpaired) electrons. The number of rotatable bonds is 4. The number of aryl methyl sites for hydroxylation is 1. The molecule has 1 unspecified atom stereocenters. The highest BCUT2D eigenvalue weighted by Crippen LogP contribution is 2.31. The van der Waals surface area contributed by atoms with Crippen molar-refractivity contribution in [3.05, 3.63) is 64.4 Å². The first-order valence-corrected chi connectivity index (χ1v) is 8.94. The zero-order valence-corrected chi connectivity index (χ0v) is 15.2. The Bertz CT molecular complexity index is 823. The molecule has 1 heterocycles. The Labute approximate surface area is 157 Å². The standard InChI is InChI=1S/C20H20ClFN2O2/c1-13(25)23-18(14-7-9-16(21)10-8-14)12-19(26)24-11-3-5-15-4-2-6-17(22)20(15)24/h2,4,6-10,18H,3,5,11-12H2,1H3,(H,23,25). The largest absolute Gasteiger partial charge is 0.349 e. The maximum Gasteiger partial charge on any atom is 0.229 e. The van der Waals surface area contributed by atoms with Gasteiger partial charge in [0.15, 0.2) is 0 Å². The van der Waals surface area contributed by atoms with Gasteiger partial charge in [-0.15, -0.1) is 0 Å². The predicted octanol–water partition coefficient (Wildman–Crippen LogP) is 4.03. The quantitative estimate of drug-likeness (QED) is 0.878. The van der Waals surface area contributed by atoms with E-state index in [1.54, 1.807) is 30.3 Å². The van der Waals surface area contributed by atoms with E-state index in [-0.39, 0.29) is 18.2 Å². The monoisotopic (exact) mass is 374 g/mol. The predicted molar refractivity (Wildman–Crippen MR) is 99.7 cm³/mol. The van der Waals surface area contributed by atoms with Crippen LogP contribution in [0.4, 0.5) is 10.1 Å². The summed E-state index contributed by atoms with van der Waals surface area (Å²) in [4.78, 5) is 26.0. The molecule has 1 atom stereocenters. The SMILES string of the molecule is CC(=O)NC(CC(=O)N1CCCc2cccc(F)c21)c1ccc(Cl)cc1. The van der Waals surface area contributed by atoms with Crippen molar-refractivity contribution in [1.29, 1.82) is 0 Å². The van der Waals surface area contributed by atoms with Crippen LogP contribution in [0.25, 0.3) is 0 Å². The number of carbonyl (C=O) groups is 2. The fourth-order valence-electron chi connectivity index (χ4n) is 3.33. The maximum absolute atomic E-state index is 14.3. The highest BCUT2D eigenvalue weighted by atomic mass is 35.5. The number of nitrogens with one attached hydrogen (secondary N) is 1. The second-order valence-corrected chi connectivity index (χ2v) is 6.84. The smallest absolute Gasteiger partial charge is 0.229 e. The van der Waals surface area contributed by atoms with E-state index in [0.717, 1.165) is 24.0 Å². The number of para-hydroxylation sites is 1. The van der Waals surface area contributed by atoms with Crippen molar-refractivity contribution in [1.82, 2.24) is 5.32 Å². The molecule has 2 aromatic carbocycles. The first kappa shape index (κ1) is 18.4. The number of amides is 2. The fourth-order valence-corrected chi connectivity index (χ4v) is 3.46. The van der Waals surface area contributed by atoms with Crippen molar-refractivity contribution in [2.75, 3.05) is 11.4 Å². The zero-order chi connectivity index (χ0) is 18.7. The highest BCUT2D eigenvalue weighted by Gasteiger charge is 2.28. The van der Waals surface area contributed by atoms with Crippen molar-refractivity contribution >= 4 is 29.1 Å². The van der Waals surface area contributed by atoms with Crippen LogP contribution in [0.5, 0.6) is 0 Å². The molecule has 4 nitrogen and oxygen atoms in total. The molecular weight excluding hydrogens is 355 g/mol. The minimum Gasteiger partial charge on any atom is -0.349 e. The number of anilines is 1. The topological polar surface area (TPSA) is 49.4 Å². The van der Waals surface area contributed by atoms with Crippen LogP contribution in [0, 0.1) is 5.82 Å². The van der Waals surface area contributed by atoms with Crippen molar-refractivity contribution in [3.8, 4) is 0 Å². The van der Waals surface area contributed by atoms with Crippen LogP contribution in [0.2, 0.25) is 5.02 Å². The average molecular weight is 375 g/mol. The minimum absolute atomic E-state index is 0.0506. The van der Waals surface area contributed by atoms with Crippen LogP contribution >= 0.6 is 11.6 Å². The second kappa shape index (κ2) is 7.87. The van der Waals surface area contributed by atoms with Crippen molar-refractivity contribution < 1.29 is 14.0 Å². The summed E-state index contributed by atoms with van der Waals surface area (Å²) in [5.41, 5.74) is 1.98. The Balaban J connectivity index is 1.85. The van der Waals surface area contributed by atoms with Crippen LogP contribution in [0.1, 0.15) is 36.9 Å². The van der Waals surface area contributed by atoms with Crippen LogP contribution in [-0.4, -0.2) is 18.4 Å². The Morgan fingerprint density at radius 2 is 1.96 bits per heavy atom. The van der Waals surface area contributed by atoms with Gasteiger partial charge in [0, 0.05) is 18.5 Å². The van der Waals surface area contributed by atoms with Gasteiger partial charge in [-0.1, -0.05) is 35.9 Å². The number of nitrogens with zero attached hydrogens (tertiary/aromatic N) is 1. The minimum atomic E-state index is -0.491. The third-order valence-electron chi connectivity index (χ3n) is 4.50. The number of carbonyl (C=O) groups excluding carboxylic acids is 2. The van der Waals surface area contributed by atoms with Crippen LogP contribution < -0.4 is 10.2 Å². The lowest BCUT2D eigenvalue weighted by Crippen LogP contribution is -2.39. The molecule has 2 aromatic rings. The van der Waals surface area contributed by atoms with Crippen LogP contribution in [0.3, 0.4) is 0 Å². The normalized spacial score (nSPS) is 14.5. The van der Waals surface area contributed by atoms with E-state index in [2.05, 4.69) is 5.32 Å². The summed E-state index contributed by atoms with van der Waals surface area (Å²) < 4.78 is 14.3. The molecule has 136 valence electrons. The van der Waals surface area contributed by atoms with Crippen molar-refractivity contribution in [3.63, 3.8) is 0 Å². The fraction of sp³-hybridized carbons (Fsp3) is 0.300. The number of hydrogen-bond donors (Lipinski definition) is 1. The molecule has 0 aromatic heterocycles. The van der Waals surface area contributed by atoms with Gasteiger partial charge in [0.1, 0.15) is 5.82 Å². The third-order valence-corrected chi connectivity index (χ3v) is 4.75. The molecule has 0 aliphatic carbocycles. The summed E-state index contributed by atoms with van der Waals surface area (Å²) >= 11 is 5.92. The second-order valence-electron chi connectivity index (χ2n) is 6.41. The average Bonchev–Trinajstić information content (AvgIpc) is 2.61. The van der Waals surface area contributed by atoms with Crippen molar-refractivity contribution in [2.24, 2.45) is 0 Å². The number of halogens is 2. The van der Waals surface area contributed by atoms with Crippen molar-refractivity contribution in [2.45, 2.75) is 32.2 Å². The zero-order valence-electron chi connectivity index (χ0n) is 14.5. The van der Waals surface area contributed by atoms with Gasteiger partial charge in [-0.3, -0.25) is 9.59 Å². The Morgan fingerprint density at radius 1 is 1.23 bits per heavy atom. The van der Waals surface area contributed by atoms with Gasteiger partial charge in [0.2, 0.25) is 11.8 Å². The van der Waals surface area contributed by atoms with E-state index < -0.39 is 11.9 Å². The lowest BCUT2D eigenvalue weighted by Gasteiger charge is -2.31. The van der Waals surface area contributed by atoms with Crippen LogP contribution in [-0.2, 0) is 16.0 Å². The molecule has 0 saturated carbocycles. The molecule has 3 rings (SSSR count). The Hall–Kier alpha value is -2.40. The summed E-state index contributed by atoms with van der Waals surface area (Å²) in [5.74, 6) is -0.842. The molecule has 6 heteroatoms. The maximum atomic E-state index is 14.3. The highest BCUT2D eigenvalue weighted by molar-refractivity contribution is 6.30. The van der Waals surface area contributed by atoms with Gasteiger partial charge in [-0.05, 0) is 42.2 Å². The molecule has 1 N–H and O–H groups in total. The third kappa shape index (κ3) is 4.05. The summed E-state index contributed by atoms with van der Waals surface area (Å²) in [6.45, 7) is 1.88. The Morgan fingerprint density at radius 3 is 2.65 bits per heavy atom. The molecule has 2 amide bonds. The lowest BCUT2D eigenvalue weighted by molar-refractivity contribution is -0.121. The first-order valence-electron chi connectivity index (χ1n) is 8.56. The molecule has 26 heavy (non-hydrogen) atoms. The number of fused-ring (bicyclic) bond motifs is 1. The Kier molecular flexibility index (Phi) is 5.57. The van der Waals surface area contributed by atoms with E-state index >= 15 is 0 Å². The van der Waals surface area contributed by atoms with Gasteiger partial charge in [0.05, 0.1) is 18.2 Å². The van der Waals surface area contributed by atoms with Gasteiger partial charge in [0.25, 0.3) is 0 Å². The van der Waals surface area contributed by atoms with E-state index in [4.69, 9.17) is 11.6 Å². The molecule has 1 aliphatic heterocycles. The van der Waals surface area contributed by atoms with E-state index in [9.17, 15) is 14.0 Å². The molecular formula is C20H20ClFN2O2. The van der Waals surface area contributed by atoms with E-state index in [0.29, 0.717) is 17.3 Å².